The van der Waals surface area contributed by atoms with Crippen LogP contribution in [0.25, 0.3) is 6.08 Å². The van der Waals surface area contributed by atoms with E-state index in [0.717, 1.165) is 0 Å². The molecule has 1 heterocycles. The van der Waals surface area contributed by atoms with Gasteiger partial charge in [0.1, 0.15) is 11.3 Å². The minimum Gasteiger partial charge on any atom is -0.422 e. The van der Waals surface area contributed by atoms with Crippen LogP contribution in [0.1, 0.15) is 15.9 Å². The maximum atomic E-state index is 12.8. The van der Waals surface area contributed by atoms with Gasteiger partial charge in [-0.1, -0.05) is 48.0 Å². The molecule has 4 rings (SSSR count). The highest BCUT2D eigenvalue weighted by molar-refractivity contribution is 6.31. The molecule has 3 aromatic carbocycles. The van der Waals surface area contributed by atoms with Gasteiger partial charge in [0.05, 0.1) is 11.3 Å². The van der Waals surface area contributed by atoms with Crippen molar-refractivity contribution in [2.24, 2.45) is 0 Å². The molecule has 1 fully saturated rings. The van der Waals surface area contributed by atoms with Crippen LogP contribution in [0.5, 0.6) is 5.75 Å². The Morgan fingerprint density at radius 2 is 1.57 bits per heavy atom. The van der Waals surface area contributed by atoms with Crippen molar-refractivity contribution in [3.63, 3.8) is 0 Å². The summed E-state index contributed by atoms with van der Waals surface area (Å²) in [6.07, 6.45) is 1.41. The van der Waals surface area contributed by atoms with Crippen LogP contribution in [-0.2, 0) is 9.59 Å². The summed E-state index contributed by atoms with van der Waals surface area (Å²) in [4.78, 5) is 37.6. The predicted molar refractivity (Wildman–Crippen MR) is 113 cm³/mol. The third-order valence-electron chi connectivity index (χ3n) is 4.41. The first-order valence-electron chi connectivity index (χ1n) is 9.02. The number of anilines is 1. The molecule has 0 spiro atoms. The van der Waals surface area contributed by atoms with Crippen molar-refractivity contribution in [3.05, 3.63) is 101 Å². The maximum absolute atomic E-state index is 12.8. The molecule has 0 saturated carbocycles. The van der Waals surface area contributed by atoms with Gasteiger partial charge in [-0.05, 0) is 48.5 Å². The Balaban J connectivity index is 1.61. The first-order chi connectivity index (χ1) is 14.5. The van der Waals surface area contributed by atoms with Crippen molar-refractivity contribution in [2.75, 3.05) is 5.01 Å². The summed E-state index contributed by atoms with van der Waals surface area (Å²) >= 11 is 5.85. The molecule has 0 aliphatic carbocycles. The lowest BCUT2D eigenvalue weighted by atomic mass is 10.1. The number of halogens is 1. The van der Waals surface area contributed by atoms with Gasteiger partial charge in [0.2, 0.25) is 0 Å². The Kier molecular flexibility index (Phi) is 5.32. The van der Waals surface area contributed by atoms with Crippen LogP contribution in [0.3, 0.4) is 0 Å². The number of hydrogen-bond donors (Lipinski definition) is 1. The summed E-state index contributed by atoms with van der Waals surface area (Å²) in [6.45, 7) is 0. The van der Waals surface area contributed by atoms with E-state index in [4.69, 9.17) is 16.3 Å². The highest BCUT2D eigenvalue weighted by atomic mass is 35.5. The zero-order valence-corrected chi connectivity index (χ0v) is 16.3. The quantitative estimate of drug-likeness (QED) is 0.300. The number of ether oxygens (including phenoxy) is 1. The number of rotatable bonds is 4. The molecule has 1 saturated heterocycles. The molecule has 0 radical (unpaired) electrons. The van der Waals surface area contributed by atoms with E-state index in [0.29, 0.717) is 21.8 Å². The van der Waals surface area contributed by atoms with Crippen LogP contribution in [0.4, 0.5) is 5.69 Å². The van der Waals surface area contributed by atoms with Crippen LogP contribution in [0.15, 0.2) is 84.4 Å². The number of nitrogens with one attached hydrogen (secondary N) is 1. The second-order valence-electron chi connectivity index (χ2n) is 6.41. The van der Waals surface area contributed by atoms with Gasteiger partial charge < -0.3 is 4.74 Å². The van der Waals surface area contributed by atoms with E-state index in [9.17, 15) is 14.4 Å². The normalized spacial score (nSPS) is 14.7. The van der Waals surface area contributed by atoms with Crippen molar-refractivity contribution < 1.29 is 19.1 Å². The number of hydrogen-bond acceptors (Lipinski definition) is 4. The van der Waals surface area contributed by atoms with Crippen molar-refractivity contribution in [1.82, 2.24) is 5.43 Å². The van der Waals surface area contributed by atoms with Crippen LogP contribution in [-0.4, -0.2) is 17.8 Å². The fourth-order valence-electron chi connectivity index (χ4n) is 2.91. The van der Waals surface area contributed by atoms with Crippen molar-refractivity contribution in [2.45, 2.75) is 0 Å². The summed E-state index contributed by atoms with van der Waals surface area (Å²) in [5.41, 5.74) is 3.77. The van der Waals surface area contributed by atoms with Crippen molar-refractivity contribution in [3.8, 4) is 5.75 Å². The number of nitrogens with zero attached hydrogens (tertiary/aromatic N) is 1. The molecule has 0 aromatic heterocycles. The Morgan fingerprint density at radius 3 is 2.30 bits per heavy atom. The fourth-order valence-corrected chi connectivity index (χ4v) is 3.04. The number of benzene rings is 3. The predicted octanol–water partition coefficient (Wildman–Crippen LogP) is 4.02. The molecule has 6 nitrogen and oxygen atoms in total. The van der Waals surface area contributed by atoms with Gasteiger partial charge in [-0.2, -0.15) is 0 Å². The Morgan fingerprint density at radius 1 is 0.900 bits per heavy atom. The Bertz CT molecular complexity index is 1160. The monoisotopic (exact) mass is 418 g/mol. The zero-order chi connectivity index (χ0) is 21.1. The summed E-state index contributed by atoms with van der Waals surface area (Å²) in [5.74, 6) is -1.39. The van der Waals surface area contributed by atoms with E-state index >= 15 is 0 Å². The van der Waals surface area contributed by atoms with E-state index in [1.165, 1.54) is 11.1 Å². The first kappa shape index (κ1) is 19.4. The zero-order valence-electron chi connectivity index (χ0n) is 15.5. The summed E-state index contributed by atoms with van der Waals surface area (Å²) < 4.78 is 5.48. The molecule has 7 heteroatoms. The smallest absolute Gasteiger partial charge is 0.343 e. The number of hydrazine groups is 1. The molecular weight excluding hydrogens is 404 g/mol. The Labute approximate surface area is 177 Å². The van der Waals surface area contributed by atoms with Gasteiger partial charge in [0.15, 0.2) is 0 Å². The lowest BCUT2D eigenvalue weighted by Gasteiger charge is -2.13. The van der Waals surface area contributed by atoms with E-state index in [-0.39, 0.29) is 11.3 Å². The molecule has 1 aliphatic heterocycles. The number of esters is 1. The Hall–Kier alpha value is -3.90. The molecule has 2 amide bonds. The van der Waals surface area contributed by atoms with Gasteiger partial charge in [-0.3, -0.25) is 15.0 Å². The van der Waals surface area contributed by atoms with Crippen molar-refractivity contribution in [1.29, 1.82) is 0 Å². The maximum Gasteiger partial charge on any atom is 0.343 e. The van der Waals surface area contributed by atoms with Crippen LogP contribution in [0, 0.1) is 0 Å². The van der Waals surface area contributed by atoms with Gasteiger partial charge in [-0.25, -0.2) is 9.80 Å². The lowest BCUT2D eigenvalue weighted by molar-refractivity contribution is -0.117. The number of para-hydroxylation sites is 2. The minimum absolute atomic E-state index is 0.0613. The van der Waals surface area contributed by atoms with Crippen LogP contribution < -0.4 is 15.2 Å². The number of carbonyl (C=O) groups is 3. The standard InChI is InChI=1S/C23H15ClN2O4/c24-17-12-10-15(11-13-17)23(29)30-20-9-5-4-6-16(20)14-19-21(27)25-26(22(19)28)18-7-2-1-3-8-18/h1-14H,(H,25,27). The second-order valence-corrected chi connectivity index (χ2v) is 6.85. The molecule has 0 bridgehead atoms. The van der Waals surface area contributed by atoms with Gasteiger partial charge in [0, 0.05) is 10.6 Å². The van der Waals surface area contributed by atoms with Gasteiger partial charge in [0.25, 0.3) is 11.8 Å². The van der Waals surface area contributed by atoms with E-state index in [1.54, 1.807) is 72.8 Å². The molecule has 148 valence electrons. The fraction of sp³-hybridized carbons (Fsp3) is 0. The third-order valence-corrected chi connectivity index (χ3v) is 4.66. The average molecular weight is 419 g/mol. The van der Waals surface area contributed by atoms with E-state index in [1.807, 2.05) is 6.07 Å². The lowest BCUT2D eigenvalue weighted by Crippen LogP contribution is -2.35. The molecular formula is C23H15ClN2O4. The summed E-state index contributed by atoms with van der Waals surface area (Å²) in [7, 11) is 0. The molecule has 1 aliphatic rings. The topological polar surface area (TPSA) is 75.7 Å². The van der Waals surface area contributed by atoms with Gasteiger partial charge in [-0.15, -0.1) is 0 Å². The van der Waals surface area contributed by atoms with E-state index in [2.05, 4.69) is 5.43 Å². The van der Waals surface area contributed by atoms with E-state index < -0.39 is 17.8 Å². The number of amides is 2. The second kappa shape index (κ2) is 8.23. The first-order valence-corrected chi connectivity index (χ1v) is 9.40. The molecule has 0 unspecified atom stereocenters. The highest BCUT2D eigenvalue weighted by Crippen LogP contribution is 2.26. The molecule has 3 aromatic rings. The van der Waals surface area contributed by atoms with Crippen LogP contribution in [0.2, 0.25) is 5.02 Å². The average Bonchev–Trinajstić information content (AvgIpc) is 3.04. The largest absolute Gasteiger partial charge is 0.422 e. The van der Waals surface area contributed by atoms with Crippen LogP contribution >= 0.6 is 11.6 Å². The molecule has 1 N–H and O–H groups in total. The third kappa shape index (κ3) is 3.94. The molecule has 0 atom stereocenters. The highest BCUT2D eigenvalue weighted by Gasteiger charge is 2.34. The summed E-state index contributed by atoms with van der Waals surface area (Å²) in [6, 6.07) is 21.7. The molecule has 30 heavy (non-hydrogen) atoms. The number of carbonyl (C=O) groups excluding carboxylic acids is 3. The summed E-state index contributed by atoms with van der Waals surface area (Å²) in [5, 5.41) is 1.68. The SMILES string of the molecule is O=C1NN(c2ccccc2)C(=O)C1=Cc1ccccc1OC(=O)c1ccc(Cl)cc1. The van der Waals surface area contributed by atoms with Gasteiger partial charge >= 0.3 is 5.97 Å². The van der Waals surface area contributed by atoms with Crippen molar-refractivity contribution >= 4 is 41.1 Å². The minimum atomic E-state index is -0.578.